The van der Waals surface area contributed by atoms with E-state index in [0.29, 0.717) is 0 Å². The lowest BCUT2D eigenvalue weighted by atomic mass is 10.1. The van der Waals surface area contributed by atoms with E-state index < -0.39 is 0 Å². The van der Waals surface area contributed by atoms with Gasteiger partial charge in [-0.05, 0) is 48.6 Å². The molecule has 0 aliphatic heterocycles. The predicted octanol–water partition coefficient (Wildman–Crippen LogP) is 4.12. The Kier molecular flexibility index (Phi) is 6.09. The average molecular weight is 235 g/mol. The van der Waals surface area contributed by atoms with Crippen LogP contribution < -0.4 is 5.32 Å². The van der Waals surface area contributed by atoms with Gasteiger partial charge in [-0.2, -0.15) is 0 Å². The van der Waals surface area contributed by atoms with Gasteiger partial charge in [0.15, 0.2) is 0 Å². The first-order chi connectivity index (χ1) is 7.77. The maximum Gasteiger partial charge on any atom is 0.0398 e. The largest absolute Gasteiger partial charge is 0.387 e. The molecule has 1 N–H and O–H groups in total. The fourth-order valence-electron chi connectivity index (χ4n) is 1.44. The Morgan fingerprint density at radius 1 is 1.44 bits per heavy atom. The van der Waals surface area contributed by atoms with Crippen molar-refractivity contribution in [3.05, 3.63) is 42.1 Å². The lowest BCUT2D eigenvalue weighted by Crippen LogP contribution is -2.05. The second-order valence-corrected chi connectivity index (χ2v) is 5.04. The molecule has 0 unspecified atom stereocenters. The van der Waals surface area contributed by atoms with E-state index in [1.165, 1.54) is 34.6 Å². The van der Waals surface area contributed by atoms with Crippen molar-refractivity contribution >= 4 is 11.8 Å². The third kappa shape index (κ3) is 4.31. The smallest absolute Gasteiger partial charge is 0.0398 e. The Balaban J connectivity index is 2.61. The summed E-state index contributed by atoms with van der Waals surface area (Å²) in [7, 11) is 0. The summed E-state index contributed by atoms with van der Waals surface area (Å²) in [6.45, 7) is 8.93. The van der Waals surface area contributed by atoms with Gasteiger partial charge >= 0.3 is 0 Å². The highest BCUT2D eigenvalue weighted by molar-refractivity contribution is 7.99. The molecule has 16 heavy (non-hydrogen) atoms. The summed E-state index contributed by atoms with van der Waals surface area (Å²) in [4.78, 5) is 1.37. The van der Waals surface area contributed by atoms with Crippen molar-refractivity contribution in [2.75, 3.05) is 5.75 Å². The van der Waals surface area contributed by atoms with Crippen molar-refractivity contribution in [2.45, 2.75) is 38.1 Å². The van der Waals surface area contributed by atoms with Gasteiger partial charge in [0.2, 0.25) is 0 Å². The van der Waals surface area contributed by atoms with Crippen molar-refractivity contribution in [2.24, 2.45) is 0 Å². The lowest BCUT2D eigenvalue weighted by molar-refractivity contribution is 0.860. The number of benzene rings is 1. The van der Waals surface area contributed by atoms with Crippen molar-refractivity contribution < 1.29 is 0 Å². The Labute approximate surface area is 103 Å². The molecule has 88 valence electrons. The summed E-state index contributed by atoms with van der Waals surface area (Å²) in [5.41, 5.74) is 2.70. The molecule has 0 atom stereocenters. The second-order valence-electron chi connectivity index (χ2n) is 3.88. The lowest BCUT2D eigenvalue weighted by Gasteiger charge is -2.08. The molecule has 1 aromatic carbocycles. The molecule has 0 radical (unpaired) electrons. The van der Waals surface area contributed by atoms with Crippen LogP contribution in [0.4, 0.5) is 0 Å². The van der Waals surface area contributed by atoms with Gasteiger partial charge in [0.05, 0.1) is 0 Å². The summed E-state index contributed by atoms with van der Waals surface area (Å²) in [6, 6.07) is 6.70. The predicted molar refractivity (Wildman–Crippen MR) is 73.8 cm³/mol. The van der Waals surface area contributed by atoms with Gasteiger partial charge in [0.1, 0.15) is 0 Å². The molecule has 0 bridgehead atoms. The normalized spacial score (nSPS) is 10.1. The first kappa shape index (κ1) is 13.2. The number of aryl methyl sites for hydroxylation is 1. The molecule has 0 amide bonds. The number of thioether (sulfide) groups is 1. The van der Waals surface area contributed by atoms with Crippen LogP contribution >= 0.6 is 11.8 Å². The minimum atomic E-state index is 0.873. The van der Waals surface area contributed by atoms with Crippen molar-refractivity contribution in [3.63, 3.8) is 0 Å². The Morgan fingerprint density at radius 2 is 2.25 bits per heavy atom. The first-order valence-corrected chi connectivity index (χ1v) is 6.83. The summed E-state index contributed by atoms with van der Waals surface area (Å²) in [5.74, 6) is 1.22. The summed E-state index contributed by atoms with van der Waals surface area (Å²) >= 11 is 1.95. The molecule has 0 heterocycles. The van der Waals surface area contributed by atoms with Gasteiger partial charge in [0, 0.05) is 11.4 Å². The number of hydrogen-bond donors (Lipinski definition) is 1. The number of rotatable bonds is 7. The van der Waals surface area contributed by atoms with Crippen LogP contribution in [0.3, 0.4) is 0 Å². The van der Waals surface area contributed by atoms with Crippen LogP contribution in [-0.2, 0) is 6.54 Å². The maximum atomic E-state index is 3.67. The van der Waals surface area contributed by atoms with Gasteiger partial charge in [-0.25, -0.2) is 0 Å². The van der Waals surface area contributed by atoms with Gasteiger partial charge in [0.25, 0.3) is 0 Å². The van der Waals surface area contributed by atoms with Gasteiger partial charge in [-0.1, -0.05) is 26.0 Å². The van der Waals surface area contributed by atoms with Crippen molar-refractivity contribution in [1.82, 2.24) is 5.32 Å². The minimum absolute atomic E-state index is 0.873. The highest BCUT2D eigenvalue weighted by Crippen LogP contribution is 2.22. The number of hydrogen-bond acceptors (Lipinski definition) is 2. The standard InChI is InChI=1S/C14H21NS/c1-4-6-9-16-14-8-7-12(3)13(10-14)11-15-5-2/h5,7-8,10,15H,2,4,6,9,11H2,1,3H3. The third-order valence-electron chi connectivity index (χ3n) is 2.52. The van der Waals surface area contributed by atoms with E-state index in [2.05, 4.69) is 43.9 Å². The van der Waals surface area contributed by atoms with Crippen LogP contribution in [0, 0.1) is 6.92 Å². The number of nitrogens with one attached hydrogen (secondary N) is 1. The first-order valence-electron chi connectivity index (χ1n) is 5.84. The van der Waals surface area contributed by atoms with E-state index in [9.17, 15) is 0 Å². The molecule has 2 heteroatoms. The van der Waals surface area contributed by atoms with Crippen molar-refractivity contribution in [1.29, 1.82) is 0 Å². The molecule has 0 aliphatic rings. The molecule has 1 nitrogen and oxygen atoms in total. The quantitative estimate of drug-likeness (QED) is 0.563. The number of unbranched alkanes of at least 4 members (excludes halogenated alkanes) is 1. The van der Waals surface area contributed by atoms with Gasteiger partial charge in [-0.15, -0.1) is 11.8 Å². The fourth-order valence-corrected chi connectivity index (χ4v) is 2.50. The molecule has 0 aromatic heterocycles. The Bertz CT molecular complexity index is 334. The molecule has 0 spiro atoms. The molecule has 1 rings (SSSR count). The minimum Gasteiger partial charge on any atom is -0.387 e. The van der Waals surface area contributed by atoms with Crippen LogP contribution in [0.2, 0.25) is 0 Å². The second kappa shape index (κ2) is 7.39. The van der Waals surface area contributed by atoms with E-state index in [-0.39, 0.29) is 0 Å². The Hall–Kier alpha value is -0.890. The van der Waals surface area contributed by atoms with E-state index in [1.807, 2.05) is 11.8 Å². The van der Waals surface area contributed by atoms with Crippen molar-refractivity contribution in [3.8, 4) is 0 Å². The molecule has 1 aromatic rings. The summed E-state index contributed by atoms with van der Waals surface area (Å²) in [6.07, 6.45) is 4.30. The third-order valence-corrected chi connectivity index (χ3v) is 3.60. The molecule has 0 saturated carbocycles. The summed E-state index contributed by atoms with van der Waals surface area (Å²) in [5, 5.41) is 3.15. The monoisotopic (exact) mass is 235 g/mol. The van der Waals surface area contributed by atoms with E-state index in [1.54, 1.807) is 6.20 Å². The topological polar surface area (TPSA) is 12.0 Å². The molecule has 0 fully saturated rings. The average Bonchev–Trinajstić information content (AvgIpc) is 2.30. The van der Waals surface area contributed by atoms with E-state index >= 15 is 0 Å². The highest BCUT2D eigenvalue weighted by Gasteiger charge is 2.00. The van der Waals surface area contributed by atoms with Crippen LogP contribution in [0.25, 0.3) is 0 Å². The fraction of sp³-hybridized carbons (Fsp3) is 0.429. The zero-order valence-electron chi connectivity index (χ0n) is 10.3. The molecular formula is C14H21NS. The van der Waals surface area contributed by atoms with E-state index in [0.717, 1.165) is 6.54 Å². The van der Waals surface area contributed by atoms with Crippen LogP contribution in [-0.4, -0.2) is 5.75 Å². The van der Waals surface area contributed by atoms with Gasteiger partial charge < -0.3 is 5.32 Å². The molecular weight excluding hydrogens is 214 g/mol. The Morgan fingerprint density at radius 3 is 2.94 bits per heavy atom. The van der Waals surface area contributed by atoms with Crippen LogP contribution in [0.1, 0.15) is 30.9 Å². The summed E-state index contributed by atoms with van der Waals surface area (Å²) < 4.78 is 0. The van der Waals surface area contributed by atoms with Gasteiger partial charge in [-0.3, -0.25) is 0 Å². The highest BCUT2D eigenvalue weighted by atomic mass is 32.2. The van der Waals surface area contributed by atoms with E-state index in [4.69, 9.17) is 0 Å². The zero-order valence-corrected chi connectivity index (χ0v) is 11.1. The SMILES string of the molecule is C=CNCc1cc(SCCCC)ccc1C. The van der Waals surface area contributed by atoms with Crippen LogP contribution in [0.15, 0.2) is 35.9 Å². The maximum absolute atomic E-state index is 3.67. The van der Waals surface area contributed by atoms with Crippen LogP contribution in [0.5, 0.6) is 0 Å². The molecule has 0 saturated heterocycles. The molecule has 0 aliphatic carbocycles. The zero-order chi connectivity index (χ0) is 11.8.